The van der Waals surface area contributed by atoms with Crippen LogP contribution in [0, 0.1) is 0 Å². The second-order valence-corrected chi connectivity index (χ2v) is 4.13. The van der Waals surface area contributed by atoms with Crippen LogP contribution in [-0.2, 0) is 13.5 Å². The van der Waals surface area contributed by atoms with Crippen LogP contribution in [0.25, 0.3) is 11.0 Å². The van der Waals surface area contributed by atoms with Crippen LogP contribution in [0.5, 0.6) is 0 Å². The topological polar surface area (TPSA) is 55.1 Å². The average molecular weight is 232 g/mol. The van der Waals surface area contributed by atoms with E-state index < -0.39 is 0 Å². The van der Waals surface area contributed by atoms with Crippen molar-refractivity contribution in [3.63, 3.8) is 0 Å². The van der Waals surface area contributed by atoms with E-state index in [1.54, 1.807) is 17.8 Å². The van der Waals surface area contributed by atoms with Crippen molar-refractivity contribution in [3.05, 3.63) is 40.3 Å². The van der Waals surface area contributed by atoms with E-state index in [2.05, 4.69) is 4.98 Å². The van der Waals surface area contributed by atoms with Crippen molar-refractivity contribution >= 4 is 11.0 Å². The van der Waals surface area contributed by atoms with Crippen LogP contribution in [0.4, 0.5) is 0 Å². The third-order valence-corrected chi connectivity index (χ3v) is 2.90. The van der Waals surface area contributed by atoms with E-state index in [9.17, 15) is 4.79 Å². The van der Waals surface area contributed by atoms with Gasteiger partial charge in [0.2, 0.25) is 0 Å². The molecule has 2 rings (SSSR count). The van der Waals surface area contributed by atoms with Crippen molar-refractivity contribution in [1.29, 1.82) is 0 Å². The van der Waals surface area contributed by atoms with Gasteiger partial charge in [0.25, 0.3) is 5.56 Å². The number of aliphatic hydroxyl groups is 1. The Hall–Kier alpha value is -1.68. The predicted octanol–water partition coefficient (Wildman–Crippen LogP) is 1.25. The van der Waals surface area contributed by atoms with Gasteiger partial charge in [-0.3, -0.25) is 9.36 Å². The predicted molar refractivity (Wildman–Crippen MR) is 67.0 cm³/mol. The summed E-state index contributed by atoms with van der Waals surface area (Å²) in [6.07, 6.45) is 3.96. The smallest absolute Gasteiger partial charge is 0.255 e. The summed E-state index contributed by atoms with van der Waals surface area (Å²) in [6.45, 7) is 0.176. The van der Waals surface area contributed by atoms with Crippen LogP contribution in [0.1, 0.15) is 18.4 Å². The maximum atomic E-state index is 12.0. The number of hydrogen-bond acceptors (Lipinski definition) is 3. The fraction of sp³-hybridized carbons (Fsp3) is 0.385. The van der Waals surface area contributed by atoms with Gasteiger partial charge in [0.1, 0.15) is 5.65 Å². The number of unbranched alkanes of at least 4 members (excludes halogenated alkanes) is 1. The zero-order chi connectivity index (χ0) is 12.3. The van der Waals surface area contributed by atoms with Gasteiger partial charge in [0.05, 0.1) is 0 Å². The Morgan fingerprint density at radius 2 is 2.24 bits per heavy atom. The van der Waals surface area contributed by atoms with Crippen LogP contribution in [-0.4, -0.2) is 21.3 Å². The SMILES string of the molecule is Cn1c(=O)c(CCCCO)cc2cccnc21. The molecule has 1 N–H and O–H groups in total. The molecule has 2 aromatic heterocycles. The molecule has 90 valence electrons. The molecule has 0 unspecified atom stereocenters. The molecule has 0 saturated carbocycles. The first-order valence-corrected chi connectivity index (χ1v) is 5.78. The molecule has 0 aliphatic carbocycles. The van der Waals surface area contributed by atoms with Crippen molar-refractivity contribution < 1.29 is 5.11 Å². The summed E-state index contributed by atoms with van der Waals surface area (Å²) in [6, 6.07) is 5.73. The van der Waals surface area contributed by atoms with Crippen LogP contribution in [0.15, 0.2) is 29.2 Å². The lowest BCUT2D eigenvalue weighted by Gasteiger charge is -2.07. The molecule has 2 heterocycles. The molecule has 4 nitrogen and oxygen atoms in total. The first-order valence-electron chi connectivity index (χ1n) is 5.78. The van der Waals surface area contributed by atoms with Gasteiger partial charge in [-0.25, -0.2) is 4.98 Å². The van der Waals surface area contributed by atoms with E-state index in [1.807, 2.05) is 18.2 Å². The van der Waals surface area contributed by atoms with Crippen LogP contribution < -0.4 is 5.56 Å². The van der Waals surface area contributed by atoms with Crippen LogP contribution >= 0.6 is 0 Å². The molecule has 4 heteroatoms. The summed E-state index contributed by atoms with van der Waals surface area (Å²) in [5.74, 6) is 0. The fourth-order valence-corrected chi connectivity index (χ4v) is 1.97. The van der Waals surface area contributed by atoms with E-state index in [1.165, 1.54) is 0 Å². The van der Waals surface area contributed by atoms with Gasteiger partial charge < -0.3 is 5.11 Å². The summed E-state index contributed by atoms with van der Waals surface area (Å²) < 4.78 is 1.59. The molecule has 0 radical (unpaired) electrons. The normalized spacial score (nSPS) is 10.9. The summed E-state index contributed by atoms with van der Waals surface area (Å²) in [7, 11) is 1.74. The molecule has 0 spiro atoms. The Balaban J connectivity index is 2.43. The summed E-state index contributed by atoms with van der Waals surface area (Å²) >= 11 is 0. The molecule has 0 aromatic carbocycles. The van der Waals surface area contributed by atoms with Gasteiger partial charge in [0, 0.05) is 30.8 Å². The molecule has 0 bridgehead atoms. The van der Waals surface area contributed by atoms with Crippen molar-refractivity contribution in [2.45, 2.75) is 19.3 Å². The Morgan fingerprint density at radius 1 is 1.41 bits per heavy atom. The Kier molecular flexibility index (Phi) is 3.54. The Labute approximate surface area is 99.5 Å². The maximum absolute atomic E-state index is 12.0. The van der Waals surface area contributed by atoms with E-state index >= 15 is 0 Å². The minimum Gasteiger partial charge on any atom is -0.396 e. The minimum absolute atomic E-state index is 0.00846. The van der Waals surface area contributed by atoms with Gasteiger partial charge >= 0.3 is 0 Å². The lowest BCUT2D eigenvalue weighted by molar-refractivity contribution is 0.284. The van der Waals surface area contributed by atoms with Gasteiger partial charge in [-0.1, -0.05) is 0 Å². The second kappa shape index (κ2) is 5.10. The van der Waals surface area contributed by atoms with Crippen LogP contribution in [0.2, 0.25) is 0 Å². The molecular weight excluding hydrogens is 216 g/mol. The molecular formula is C13H16N2O2. The Bertz CT molecular complexity index is 575. The number of nitrogens with zero attached hydrogens (tertiary/aromatic N) is 2. The first-order chi connectivity index (χ1) is 8.24. The van der Waals surface area contributed by atoms with E-state index in [0.29, 0.717) is 12.1 Å². The maximum Gasteiger partial charge on any atom is 0.255 e. The monoisotopic (exact) mass is 232 g/mol. The lowest BCUT2D eigenvalue weighted by atomic mass is 10.1. The third-order valence-electron chi connectivity index (χ3n) is 2.90. The first kappa shape index (κ1) is 11.8. The van der Waals surface area contributed by atoms with Crippen molar-refractivity contribution in [3.8, 4) is 0 Å². The summed E-state index contributed by atoms with van der Waals surface area (Å²) in [4.78, 5) is 16.2. The average Bonchev–Trinajstić information content (AvgIpc) is 2.35. The van der Waals surface area contributed by atoms with Crippen molar-refractivity contribution in [2.75, 3.05) is 6.61 Å². The standard InChI is InChI=1S/C13H16N2O2/c1-15-12-10(6-4-7-14-12)9-11(13(15)17)5-2-3-8-16/h4,6-7,9,16H,2-3,5,8H2,1H3. The number of fused-ring (bicyclic) bond motifs is 1. The van der Waals surface area contributed by atoms with Gasteiger partial charge in [-0.2, -0.15) is 0 Å². The second-order valence-electron chi connectivity index (χ2n) is 4.13. The zero-order valence-corrected chi connectivity index (χ0v) is 9.89. The number of pyridine rings is 2. The molecule has 2 aromatic rings. The van der Waals surface area contributed by atoms with E-state index in [-0.39, 0.29) is 12.2 Å². The molecule has 0 aliphatic heterocycles. The van der Waals surface area contributed by atoms with Gasteiger partial charge in [-0.05, 0) is 37.5 Å². The summed E-state index contributed by atoms with van der Waals surface area (Å²) in [5, 5.41) is 9.73. The Morgan fingerprint density at radius 3 is 3.00 bits per heavy atom. The van der Waals surface area contributed by atoms with E-state index in [4.69, 9.17) is 5.11 Å². The number of aryl methyl sites for hydroxylation is 2. The van der Waals surface area contributed by atoms with Crippen LogP contribution in [0.3, 0.4) is 0 Å². The zero-order valence-electron chi connectivity index (χ0n) is 9.89. The molecule has 0 aliphatic rings. The van der Waals surface area contributed by atoms with Gasteiger partial charge in [0.15, 0.2) is 0 Å². The third kappa shape index (κ3) is 2.36. The fourth-order valence-electron chi connectivity index (χ4n) is 1.97. The van der Waals surface area contributed by atoms with Crippen molar-refractivity contribution in [2.24, 2.45) is 7.05 Å². The number of aromatic nitrogens is 2. The molecule has 0 saturated heterocycles. The molecule has 0 atom stereocenters. The highest BCUT2D eigenvalue weighted by atomic mass is 16.2. The van der Waals surface area contributed by atoms with Gasteiger partial charge in [-0.15, -0.1) is 0 Å². The van der Waals surface area contributed by atoms with Crippen molar-refractivity contribution in [1.82, 2.24) is 9.55 Å². The minimum atomic E-state index is 0.00846. The number of hydrogen-bond donors (Lipinski definition) is 1. The van der Waals surface area contributed by atoms with E-state index in [0.717, 1.165) is 23.8 Å². The summed E-state index contributed by atoms with van der Waals surface area (Å²) in [5.41, 5.74) is 1.51. The lowest BCUT2D eigenvalue weighted by Crippen LogP contribution is -2.21. The number of aliphatic hydroxyl groups excluding tert-OH is 1. The highest BCUT2D eigenvalue weighted by Gasteiger charge is 2.06. The number of rotatable bonds is 4. The largest absolute Gasteiger partial charge is 0.396 e. The quantitative estimate of drug-likeness (QED) is 0.807. The molecule has 17 heavy (non-hydrogen) atoms. The highest BCUT2D eigenvalue weighted by molar-refractivity contribution is 5.75. The highest BCUT2D eigenvalue weighted by Crippen LogP contribution is 2.11. The molecule has 0 fully saturated rings. The molecule has 0 amide bonds.